The van der Waals surface area contributed by atoms with E-state index >= 15 is 0 Å². The highest BCUT2D eigenvalue weighted by Gasteiger charge is 2.03. The maximum Gasteiger partial charge on any atom is 0.1000 e. The number of allylic oxidation sites excluding steroid dienone is 3. The van der Waals surface area contributed by atoms with Crippen LogP contribution in [0.25, 0.3) is 0 Å². The van der Waals surface area contributed by atoms with Gasteiger partial charge in [-0.25, -0.2) is 4.39 Å². The molecule has 0 aliphatic rings. The standard InChI is InChI=1S/C10H17F/c1-7(2)6-8(3)9(4)10(5)11/h7H,3,6H2,1-2,4-5H3/b10-9+. The van der Waals surface area contributed by atoms with Crippen molar-refractivity contribution < 1.29 is 4.39 Å². The number of hydrogen-bond acceptors (Lipinski definition) is 0. The molecular weight excluding hydrogens is 139 g/mol. The molecule has 0 saturated heterocycles. The van der Waals surface area contributed by atoms with Gasteiger partial charge in [-0.2, -0.15) is 0 Å². The molecule has 0 nitrogen and oxygen atoms in total. The Bertz CT molecular complexity index is 171. The molecule has 0 amide bonds. The van der Waals surface area contributed by atoms with Crippen LogP contribution in [0.3, 0.4) is 0 Å². The predicted molar refractivity (Wildman–Crippen MR) is 48.1 cm³/mol. The molecule has 0 N–H and O–H groups in total. The van der Waals surface area contributed by atoms with E-state index in [1.165, 1.54) is 6.92 Å². The lowest BCUT2D eigenvalue weighted by molar-refractivity contribution is 0.612. The zero-order valence-corrected chi connectivity index (χ0v) is 7.87. The van der Waals surface area contributed by atoms with Crippen LogP contribution in [0.15, 0.2) is 23.6 Å². The molecule has 0 aromatic carbocycles. The van der Waals surface area contributed by atoms with Crippen molar-refractivity contribution >= 4 is 0 Å². The quantitative estimate of drug-likeness (QED) is 0.544. The smallest absolute Gasteiger partial charge is 0.1000 e. The van der Waals surface area contributed by atoms with E-state index in [2.05, 4.69) is 20.4 Å². The maximum atomic E-state index is 12.6. The molecular formula is C10H17F. The van der Waals surface area contributed by atoms with E-state index in [0.717, 1.165) is 12.0 Å². The van der Waals surface area contributed by atoms with E-state index < -0.39 is 0 Å². The number of rotatable bonds is 3. The molecule has 0 aliphatic heterocycles. The first-order valence-electron chi connectivity index (χ1n) is 3.96. The molecule has 0 bridgehead atoms. The highest BCUT2D eigenvalue weighted by molar-refractivity contribution is 5.27. The summed E-state index contributed by atoms with van der Waals surface area (Å²) < 4.78 is 12.6. The van der Waals surface area contributed by atoms with Gasteiger partial charge in [0.15, 0.2) is 0 Å². The van der Waals surface area contributed by atoms with E-state index in [4.69, 9.17) is 0 Å². The molecule has 0 heterocycles. The third kappa shape index (κ3) is 3.97. The summed E-state index contributed by atoms with van der Waals surface area (Å²) in [4.78, 5) is 0. The van der Waals surface area contributed by atoms with Gasteiger partial charge in [0.2, 0.25) is 0 Å². The molecule has 64 valence electrons. The lowest BCUT2D eigenvalue weighted by Crippen LogP contribution is -1.92. The van der Waals surface area contributed by atoms with Crippen molar-refractivity contribution in [3.8, 4) is 0 Å². The topological polar surface area (TPSA) is 0 Å². The molecule has 0 fully saturated rings. The Balaban J connectivity index is 4.17. The largest absolute Gasteiger partial charge is 0.212 e. The normalized spacial score (nSPS) is 13.3. The molecule has 11 heavy (non-hydrogen) atoms. The van der Waals surface area contributed by atoms with Gasteiger partial charge in [0.25, 0.3) is 0 Å². The highest BCUT2D eigenvalue weighted by atomic mass is 19.1. The summed E-state index contributed by atoms with van der Waals surface area (Å²) in [5, 5.41) is 0. The minimum Gasteiger partial charge on any atom is -0.212 e. The van der Waals surface area contributed by atoms with Crippen molar-refractivity contribution in [3.63, 3.8) is 0 Å². The van der Waals surface area contributed by atoms with Crippen LogP contribution in [-0.4, -0.2) is 0 Å². The van der Waals surface area contributed by atoms with E-state index in [0.29, 0.717) is 11.5 Å². The van der Waals surface area contributed by atoms with Crippen LogP contribution in [0.2, 0.25) is 0 Å². The third-order valence-electron chi connectivity index (χ3n) is 1.70. The number of hydrogen-bond donors (Lipinski definition) is 0. The Hall–Kier alpha value is -0.590. The van der Waals surface area contributed by atoms with Gasteiger partial charge in [-0.05, 0) is 37.3 Å². The van der Waals surface area contributed by atoms with Crippen molar-refractivity contribution in [1.29, 1.82) is 0 Å². The first-order chi connectivity index (χ1) is 4.95. The van der Waals surface area contributed by atoms with Crippen LogP contribution < -0.4 is 0 Å². The Morgan fingerprint density at radius 2 is 1.82 bits per heavy atom. The van der Waals surface area contributed by atoms with Gasteiger partial charge >= 0.3 is 0 Å². The second-order valence-electron chi connectivity index (χ2n) is 3.36. The highest BCUT2D eigenvalue weighted by Crippen LogP contribution is 2.19. The van der Waals surface area contributed by atoms with Crippen molar-refractivity contribution in [2.45, 2.75) is 34.1 Å². The van der Waals surface area contributed by atoms with Gasteiger partial charge in [-0.1, -0.05) is 20.4 Å². The fourth-order valence-electron chi connectivity index (χ4n) is 0.889. The average Bonchev–Trinajstić information content (AvgIpc) is 1.84. The molecule has 0 aromatic heterocycles. The van der Waals surface area contributed by atoms with Gasteiger partial charge in [0, 0.05) is 0 Å². The van der Waals surface area contributed by atoms with Gasteiger partial charge in [0.05, 0.1) is 5.83 Å². The zero-order chi connectivity index (χ0) is 9.02. The van der Waals surface area contributed by atoms with Crippen molar-refractivity contribution in [2.75, 3.05) is 0 Å². The summed E-state index contributed by atoms with van der Waals surface area (Å²) in [5.41, 5.74) is 1.62. The lowest BCUT2D eigenvalue weighted by atomic mass is 9.98. The summed E-state index contributed by atoms with van der Waals surface area (Å²) in [5.74, 6) is 0.437. The molecule has 0 rings (SSSR count). The first-order valence-corrected chi connectivity index (χ1v) is 3.96. The fourth-order valence-corrected chi connectivity index (χ4v) is 0.889. The molecule has 0 unspecified atom stereocenters. The summed E-state index contributed by atoms with van der Waals surface area (Å²) in [7, 11) is 0. The van der Waals surface area contributed by atoms with Gasteiger partial charge in [-0.15, -0.1) is 0 Å². The Morgan fingerprint density at radius 1 is 1.36 bits per heavy atom. The van der Waals surface area contributed by atoms with E-state index in [1.807, 2.05) is 0 Å². The molecule has 0 aliphatic carbocycles. The number of halogens is 1. The maximum absolute atomic E-state index is 12.6. The predicted octanol–water partition coefficient (Wildman–Crippen LogP) is 3.85. The van der Waals surface area contributed by atoms with Crippen LogP contribution in [0, 0.1) is 5.92 Å². The monoisotopic (exact) mass is 156 g/mol. The molecule has 0 aromatic rings. The van der Waals surface area contributed by atoms with Crippen molar-refractivity contribution in [3.05, 3.63) is 23.6 Å². The molecule has 0 radical (unpaired) electrons. The van der Waals surface area contributed by atoms with Crippen molar-refractivity contribution in [2.24, 2.45) is 5.92 Å². The Kier molecular flexibility index (Phi) is 4.09. The first kappa shape index (κ1) is 10.4. The SMILES string of the molecule is C=C(CC(C)C)/C(C)=C(\C)F. The van der Waals surface area contributed by atoms with Gasteiger partial charge in [-0.3, -0.25) is 0 Å². The van der Waals surface area contributed by atoms with Gasteiger partial charge < -0.3 is 0 Å². The van der Waals surface area contributed by atoms with Crippen LogP contribution in [0.4, 0.5) is 4.39 Å². The van der Waals surface area contributed by atoms with Crippen LogP contribution in [0.1, 0.15) is 34.1 Å². The lowest BCUT2D eigenvalue weighted by Gasteiger charge is -2.08. The second kappa shape index (κ2) is 4.32. The summed E-state index contributed by atoms with van der Waals surface area (Å²) in [6, 6.07) is 0. The van der Waals surface area contributed by atoms with Crippen molar-refractivity contribution in [1.82, 2.24) is 0 Å². The third-order valence-corrected chi connectivity index (χ3v) is 1.70. The molecule has 1 heteroatoms. The summed E-state index contributed by atoms with van der Waals surface area (Å²) in [6.07, 6.45) is 0.882. The van der Waals surface area contributed by atoms with Gasteiger partial charge in [0.1, 0.15) is 0 Å². The van der Waals surface area contributed by atoms with E-state index in [1.54, 1.807) is 6.92 Å². The fraction of sp³-hybridized carbons (Fsp3) is 0.600. The van der Waals surface area contributed by atoms with Crippen LogP contribution in [0.5, 0.6) is 0 Å². The second-order valence-corrected chi connectivity index (χ2v) is 3.36. The summed E-state index contributed by atoms with van der Waals surface area (Å²) in [6.45, 7) is 11.3. The minimum atomic E-state index is -0.115. The summed E-state index contributed by atoms with van der Waals surface area (Å²) >= 11 is 0. The van der Waals surface area contributed by atoms with Crippen LogP contribution >= 0.6 is 0 Å². The molecule has 0 atom stereocenters. The minimum absolute atomic E-state index is 0.115. The van der Waals surface area contributed by atoms with E-state index in [-0.39, 0.29) is 5.83 Å². The van der Waals surface area contributed by atoms with E-state index in [9.17, 15) is 4.39 Å². The average molecular weight is 156 g/mol. The van der Waals surface area contributed by atoms with Crippen LogP contribution in [-0.2, 0) is 0 Å². The zero-order valence-electron chi connectivity index (χ0n) is 7.87. The Labute approximate surface area is 68.8 Å². The molecule has 0 spiro atoms. The molecule has 0 saturated carbocycles. The Morgan fingerprint density at radius 3 is 2.09 bits per heavy atom.